The summed E-state index contributed by atoms with van der Waals surface area (Å²) in [4.78, 5) is 9.48. The summed E-state index contributed by atoms with van der Waals surface area (Å²) in [6.45, 7) is 6.86. The number of piperazine rings is 1. The van der Waals surface area contributed by atoms with E-state index in [1.54, 1.807) is 0 Å². The number of pyridine rings is 1. The van der Waals surface area contributed by atoms with Gasteiger partial charge in [-0.1, -0.05) is 42.5 Å². The summed E-state index contributed by atoms with van der Waals surface area (Å²) in [5.74, 6) is 1.53. The smallest absolute Gasteiger partial charge is 0.127 e. The summed E-state index contributed by atoms with van der Waals surface area (Å²) in [7, 11) is 0. The van der Waals surface area contributed by atoms with E-state index in [9.17, 15) is 0 Å². The van der Waals surface area contributed by atoms with Crippen molar-refractivity contribution in [3.05, 3.63) is 78.0 Å². The summed E-state index contributed by atoms with van der Waals surface area (Å²) in [5, 5.41) is 0. The van der Waals surface area contributed by atoms with E-state index in [-0.39, 0.29) is 0 Å². The maximum Gasteiger partial charge on any atom is 0.127 e. The van der Waals surface area contributed by atoms with E-state index in [0.717, 1.165) is 81.8 Å². The molecule has 2 aromatic carbocycles. The topological polar surface area (TPSA) is 54.6 Å². The number of hydrogen-bond donors (Lipinski definition) is 1. The third-order valence-corrected chi connectivity index (χ3v) is 7.23. The molecular weight excluding hydrogens is 420 g/mol. The van der Waals surface area contributed by atoms with Gasteiger partial charge in [0.2, 0.25) is 0 Å². The van der Waals surface area contributed by atoms with Gasteiger partial charge in [-0.3, -0.25) is 0 Å². The fourth-order valence-electron chi connectivity index (χ4n) is 4.75. The largest absolute Gasteiger partial charge is 0.490 e. The molecule has 1 aromatic heterocycles. The first-order valence-electron chi connectivity index (χ1n) is 12.7. The first-order chi connectivity index (χ1) is 16.7. The fraction of sp³-hybridized carbons (Fsp3) is 0.414. The predicted molar refractivity (Wildman–Crippen MR) is 139 cm³/mol. The van der Waals surface area contributed by atoms with Crippen molar-refractivity contribution in [3.63, 3.8) is 0 Å². The predicted octanol–water partition coefficient (Wildman–Crippen LogP) is 4.66. The molecular formula is C29H36N4O. The van der Waals surface area contributed by atoms with Gasteiger partial charge in [0.15, 0.2) is 0 Å². The lowest BCUT2D eigenvalue weighted by Crippen LogP contribution is -2.47. The van der Waals surface area contributed by atoms with Crippen molar-refractivity contribution in [2.75, 3.05) is 45.0 Å². The van der Waals surface area contributed by atoms with Crippen LogP contribution in [0.25, 0.3) is 11.1 Å². The highest BCUT2D eigenvalue weighted by molar-refractivity contribution is 5.71. The zero-order chi connectivity index (χ0) is 23.2. The van der Waals surface area contributed by atoms with Crippen molar-refractivity contribution in [1.29, 1.82) is 0 Å². The average molecular weight is 457 g/mol. The van der Waals surface area contributed by atoms with Crippen molar-refractivity contribution in [2.24, 2.45) is 0 Å². The highest BCUT2D eigenvalue weighted by Gasteiger charge is 2.21. The highest BCUT2D eigenvalue weighted by Crippen LogP contribution is 2.35. The Morgan fingerprint density at radius 3 is 2.15 bits per heavy atom. The number of benzene rings is 2. The molecule has 1 saturated carbocycles. The minimum Gasteiger partial charge on any atom is -0.490 e. The maximum atomic E-state index is 6.40. The SMILES string of the molecule is Nc1ccc(-c2ccc(CCN3CCN(CCc4ccccc4)CC3)cc2OC2CCC2)cn1. The number of nitrogen functional groups attached to an aromatic ring is 1. The third-order valence-electron chi connectivity index (χ3n) is 7.23. The Labute approximate surface area is 203 Å². The van der Waals surface area contributed by atoms with Crippen molar-refractivity contribution >= 4 is 5.82 Å². The van der Waals surface area contributed by atoms with E-state index in [4.69, 9.17) is 10.5 Å². The summed E-state index contributed by atoms with van der Waals surface area (Å²) in [6, 6.07) is 21.4. The Kier molecular flexibility index (Phi) is 7.42. The van der Waals surface area contributed by atoms with Crippen LogP contribution < -0.4 is 10.5 Å². The van der Waals surface area contributed by atoms with Crippen LogP contribution in [0.1, 0.15) is 30.4 Å². The van der Waals surface area contributed by atoms with E-state index in [0.29, 0.717) is 11.9 Å². The Morgan fingerprint density at radius 2 is 1.53 bits per heavy atom. The number of nitrogens with two attached hydrogens (primary N) is 1. The number of hydrogen-bond acceptors (Lipinski definition) is 5. The molecule has 2 heterocycles. The molecule has 0 spiro atoms. The van der Waals surface area contributed by atoms with Crippen LogP contribution in [-0.4, -0.2) is 60.2 Å². The summed E-state index contributed by atoms with van der Waals surface area (Å²) in [6.07, 6.45) is 7.94. The summed E-state index contributed by atoms with van der Waals surface area (Å²) in [5.41, 5.74) is 10.7. The zero-order valence-electron chi connectivity index (χ0n) is 20.0. The standard InChI is InChI=1S/C29H36N4O/c30-29-12-10-25(22-31-29)27-11-9-24(21-28(27)34-26-7-4-8-26)14-16-33-19-17-32(18-20-33)15-13-23-5-2-1-3-6-23/h1-3,5-6,9-12,21-22,26H,4,7-8,13-20H2,(H2,30,31). The van der Waals surface area contributed by atoms with Crippen LogP contribution in [0, 0.1) is 0 Å². The number of aromatic nitrogens is 1. The Morgan fingerprint density at radius 1 is 0.824 bits per heavy atom. The number of anilines is 1. The molecule has 5 rings (SSSR count). The van der Waals surface area contributed by atoms with Crippen LogP contribution in [0.3, 0.4) is 0 Å². The van der Waals surface area contributed by atoms with Gasteiger partial charge < -0.3 is 20.3 Å². The van der Waals surface area contributed by atoms with E-state index >= 15 is 0 Å². The minimum absolute atomic E-state index is 0.347. The monoisotopic (exact) mass is 456 g/mol. The average Bonchev–Trinajstić information content (AvgIpc) is 2.86. The van der Waals surface area contributed by atoms with E-state index < -0.39 is 0 Å². The van der Waals surface area contributed by atoms with Crippen molar-refractivity contribution in [3.8, 4) is 16.9 Å². The van der Waals surface area contributed by atoms with Gasteiger partial charge in [-0.2, -0.15) is 0 Å². The molecule has 5 nitrogen and oxygen atoms in total. The fourth-order valence-corrected chi connectivity index (χ4v) is 4.75. The number of nitrogens with zero attached hydrogens (tertiary/aromatic N) is 3. The molecule has 1 aliphatic heterocycles. The van der Waals surface area contributed by atoms with Gasteiger partial charge in [-0.05, 0) is 61.4 Å². The van der Waals surface area contributed by atoms with Gasteiger partial charge in [-0.25, -0.2) is 4.98 Å². The van der Waals surface area contributed by atoms with Gasteiger partial charge in [0.25, 0.3) is 0 Å². The molecule has 1 saturated heterocycles. The molecule has 178 valence electrons. The Hall–Kier alpha value is -2.89. The molecule has 0 unspecified atom stereocenters. The number of ether oxygens (including phenoxy) is 1. The number of rotatable bonds is 9. The lowest BCUT2D eigenvalue weighted by Gasteiger charge is -2.34. The van der Waals surface area contributed by atoms with E-state index in [2.05, 4.69) is 63.3 Å². The summed E-state index contributed by atoms with van der Waals surface area (Å²) < 4.78 is 6.40. The second-order valence-corrected chi connectivity index (χ2v) is 9.64. The third kappa shape index (κ3) is 5.96. The molecule has 3 aromatic rings. The normalized spacial score (nSPS) is 17.4. The Bertz CT molecular complexity index is 1040. The maximum absolute atomic E-state index is 6.40. The van der Waals surface area contributed by atoms with E-state index in [1.165, 1.54) is 17.5 Å². The van der Waals surface area contributed by atoms with Crippen LogP contribution in [-0.2, 0) is 12.8 Å². The van der Waals surface area contributed by atoms with Crippen molar-refractivity contribution in [1.82, 2.24) is 14.8 Å². The first kappa shape index (κ1) is 22.9. The molecule has 5 heteroatoms. The van der Waals surface area contributed by atoms with Crippen LogP contribution in [0.5, 0.6) is 5.75 Å². The molecule has 0 amide bonds. The van der Waals surface area contributed by atoms with Gasteiger partial charge in [-0.15, -0.1) is 0 Å². The van der Waals surface area contributed by atoms with Gasteiger partial charge in [0.1, 0.15) is 11.6 Å². The van der Waals surface area contributed by atoms with Crippen molar-refractivity contribution in [2.45, 2.75) is 38.2 Å². The zero-order valence-corrected chi connectivity index (χ0v) is 20.0. The second-order valence-electron chi connectivity index (χ2n) is 9.64. The van der Waals surface area contributed by atoms with Gasteiger partial charge in [0.05, 0.1) is 6.10 Å². The first-order valence-corrected chi connectivity index (χ1v) is 12.7. The lowest BCUT2D eigenvalue weighted by molar-refractivity contribution is 0.120. The summed E-state index contributed by atoms with van der Waals surface area (Å²) >= 11 is 0. The van der Waals surface area contributed by atoms with Crippen LogP contribution >= 0.6 is 0 Å². The molecule has 0 atom stereocenters. The molecule has 0 radical (unpaired) electrons. The second kappa shape index (κ2) is 11.0. The van der Waals surface area contributed by atoms with Crippen LogP contribution in [0.15, 0.2) is 66.9 Å². The highest BCUT2D eigenvalue weighted by atomic mass is 16.5. The van der Waals surface area contributed by atoms with Crippen molar-refractivity contribution < 1.29 is 4.74 Å². The molecule has 2 aliphatic rings. The molecule has 0 bridgehead atoms. The van der Waals surface area contributed by atoms with E-state index in [1.807, 2.05) is 18.3 Å². The molecule has 2 fully saturated rings. The van der Waals surface area contributed by atoms with Gasteiger partial charge >= 0.3 is 0 Å². The quantitative estimate of drug-likeness (QED) is 0.507. The molecule has 2 N–H and O–H groups in total. The minimum atomic E-state index is 0.347. The van der Waals surface area contributed by atoms with Crippen LogP contribution in [0.2, 0.25) is 0 Å². The lowest BCUT2D eigenvalue weighted by atomic mass is 9.95. The molecule has 1 aliphatic carbocycles. The molecule has 34 heavy (non-hydrogen) atoms. The Balaban J connectivity index is 1.15. The van der Waals surface area contributed by atoms with Gasteiger partial charge in [0, 0.05) is 56.6 Å². The van der Waals surface area contributed by atoms with Crippen LogP contribution in [0.4, 0.5) is 5.82 Å².